The zero-order valence-corrected chi connectivity index (χ0v) is 11.6. The van der Waals surface area contributed by atoms with Gasteiger partial charge >= 0.3 is 0 Å². The Kier molecular flexibility index (Phi) is 3.55. The molecule has 104 valence electrons. The van der Waals surface area contributed by atoms with Gasteiger partial charge in [-0.25, -0.2) is 9.97 Å². The predicted molar refractivity (Wildman–Crippen MR) is 71.2 cm³/mol. The number of nitrogens with one attached hydrogen (secondary N) is 1. The standard InChI is InChI=1S/C14H21N3O2/c1-18-13-11(14(19-2)17-8-16-13)7-15-12-6-9-3-4-10(12)5-9/h8-10,12,15H,3-7H2,1-2H3. The Morgan fingerprint density at radius 1 is 1.16 bits per heavy atom. The molecule has 3 unspecified atom stereocenters. The lowest BCUT2D eigenvalue weighted by Gasteiger charge is -2.23. The van der Waals surface area contributed by atoms with E-state index in [2.05, 4.69) is 15.3 Å². The van der Waals surface area contributed by atoms with Crippen molar-refractivity contribution >= 4 is 0 Å². The molecule has 0 radical (unpaired) electrons. The van der Waals surface area contributed by atoms with Crippen molar-refractivity contribution < 1.29 is 9.47 Å². The van der Waals surface area contributed by atoms with Crippen LogP contribution in [0.15, 0.2) is 6.33 Å². The number of fused-ring (bicyclic) bond motifs is 2. The third-order valence-electron chi connectivity index (χ3n) is 4.53. The smallest absolute Gasteiger partial charge is 0.224 e. The van der Waals surface area contributed by atoms with Gasteiger partial charge in [0.25, 0.3) is 0 Å². The fourth-order valence-electron chi connectivity index (χ4n) is 3.61. The summed E-state index contributed by atoms with van der Waals surface area (Å²) in [5.74, 6) is 3.00. The van der Waals surface area contributed by atoms with Crippen molar-refractivity contribution in [3.05, 3.63) is 11.9 Å². The Morgan fingerprint density at radius 2 is 1.89 bits per heavy atom. The molecular formula is C14H21N3O2. The molecule has 2 aliphatic rings. The Hall–Kier alpha value is -1.36. The summed E-state index contributed by atoms with van der Waals surface area (Å²) in [4.78, 5) is 8.29. The van der Waals surface area contributed by atoms with Crippen molar-refractivity contribution in [3.8, 4) is 11.8 Å². The minimum Gasteiger partial charge on any atom is -0.481 e. The Morgan fingerprint density at radius 3 is 2.42 bits per heavy atom. The lowest BCUT2D eigenvalue weighted by Crippen LogP contribution is -2.33. The quantitative estimate of drug-likeness (QED) is 0.877. The molecule has 19 heavy (non-hydrogen) atoms. The van der Waals surface area contributed by atoms with E-state index in [9.17, 15) is 0 Å². The average Bonchev–Trinajstić information content (AvgIpc) is 3.07. The van der Waals surface area contributed by atoms with Crippen LogP contribution in [-0.4, -0.2) is 30.2 Å². The summed E-state index contributed by atoms with van der Waals surface area (Å²) < 4.78 is 10.6. The zero-order valence-electron chi connectivity index (χ0n) is 11.6. The van der Waals surface area contributed by atoms with Gasteiger partial charge < -0.3 is 14.8 Å². The van der Waals surface area contributed by atoms with Crippen molar-refractivity contribution in [3.63, 3.8) is 0 Å². The van der Waals surface area contributed by atoms with Crippen molar-refractivity contribution in [1.82, 2.24) is 15.3 Å². The second-order valence-electron chi connectivity index (χ2n) is 5.53. The van der Waals surface area contributed by atoms with Gasteiger partial charge in [0.1, 0.15) is 6.33 Å². The molecule has 0 saturated heterocycles. The monoisotopic (exact) mass is 263 g/mol. The molecule has 2 aliphatic carbocycles. The highest BCUT2D eigenvalue weighted by atomic mass is 16.5. The van der Waals surface area contributed by atoms with E-state index in [4.69, 9.17) is 9.47 Å². The Balaban J connectivity index is 1.69. The molecule has 0 spiro atoms. The van der Waals surface area contributed by atoms with E-state index < -0.39 is 0 Å². The first-order chi connectivity index (χ1) is 9.31. The van der Waals surface area contributed by atoms with Crippen molar-refractivity contribution in [1.29, 1.82) is 0 Å². The summed E-state index contributed by atoms with van der Waals surface area (Å²) in [5, 5.41) is 3.64. The lowest BCUT2D eigenvalue weighted by molar-refractivity contribution is 0.331. The normalized spacial score (nSPS) is 28.6. The van der Waals surface area contributed by atoms with Crippen LogP contribution in [0.25, 0.3) is 0 Å². The van der Waals surface area contributed by atoms with Crippen LogP contribution in [0.4, 0.5) is 0 Å². The minimum absolute atomic E-state index is 0.600. The van der Waals surface area contributed by atoms with Crippen LogP contribution >= 0.6 is 0 Å². The molecule has 1 N–H and O–H groups in total. The van der Waals surface area contributed by atoms with E-state index in [0.717, 1.165) is 17.4 Å². The summed E-state index contributed by atoms with van der Waals surface area (Å²) in [6, 6.07) is 0.633. The first-order valence-electron chi connectivity index (χ1n) is 6.97. The van der Waals surface area contributed by atoms with Crippen LogP contribution in [0, 0.1) is 11.8 Å². The van der Waals surface area contributed by atoms with Gasteiger partial charge in [-0.3, -0.25) is 0 Å². The topological polar surface area (TPSA) is 56.3 Å². The fraction of sp³-hybridized carbons (Fsp3) is 0.714. The van der Waals surface area contributed by atoms with Crippen LogP contribution in [0.3, 0.4) is 0 Å². The summed E-state index contributed by atoms with van der Waals surface area (Å²) in [6.07, 6.45) is 6.98. The predicted octanol–water partition coefficient (Wildman–Crippen LogP) is 1.77. The molecule has 0 aliphatic heterocycles. The van der Waals surface area contributed by atoms with Crippen LogP contribution in [0.5, 0.6) is 11.8 Å². The van der Waals surface area contributed by atoms with Gasteiger partial charge in [0.15, 0.2) is 0 Å². The third-order valence-corrected chi connectivity index (χ3v) is 4.53. The molecule has 2 saturated carbocycles. The van der Waals surface area contributed by atoms with Crippen LogP contribution in [-0.2, 0) is 6.54 Å². The second-order valence-corrected chi connectivity index (χ2v) is 5.53. The summed E-state index contributed by atoms with van der Waals surface area (Å²) >= 11 is 0. The van der Waals surface area contributed by atoms with E-state index in [0.29, 0.717) is 24.3 Å². The summed E-state index contributed by atoms with van der Waals surface area (Å²) in [5.41, 5.74) is 0.912. The van der Waals surface area contributed by atoms with Crippen molar-refractivity contribution in [2.45, 2.75) is 38.3 Å². The molecule has 2 bridgehead atoms. The van der Waals surface area contributed by atoms with Crippen LogP contribution in [0.1, 0.15) is 31.2 Å². The number of rotatable bonds is 5. The number of methoxy groups -OCH3 is 2. The molecule has 2 fully saturated rings. The van der Waals surface area contributed by atoms with Crippen LogP contribution < -0.4 is 14.8 Å². The highest BCUT2D eigenvalue weighted by Crippen LogP contribution is 2.44. The highest BCUT2D eigenvalue weighted by Gasteiger charge is 2.39. The second kappa shape index (κ2) is 5.33. The SMILES string of the molecule is COc1ncnc(OC)c1CNC1CC2CCC1C2. The van der Waals surface area contributed by atoms with E-state index in [1.807, 2.05) is 0 Å². The molecule has 1 aromatic heterocycles. The molecule has 1 heterocycles. The fourth-order valence-corrected chi connectivity index (χ4v) is 3.61. The molecule has 5 nitrogen and oxygen atoms in total. The minimum atomic E-state index is 0.600. The van der Waals surface area contributed by atoms with E-state index in [1.165, 1.54) is 32.0 Å². The van der Waals surface area contributed by atoms with Gasteiger partial charge in [-0.15, -0.1) is 0 Å². The van der Waals surface area contributed by atoms with Gasteiger partial charge in [0.05, 0.1) is 19.8 Å². The average molecular weight is 263 g/mol. The van der Waals surface area contributed by atoms with Gasteiger partial charge in [-0.1, -0.05) is 6.42 Å². The molecular weight excluding hydrogens is 242 g/mol. The largest absolute Gasteiger partial charge is 0.481 e. The van der Waals surface area contributed by atoms with E-state index in [-0.39, 0.29) is 0 Å². The molecule has 0 amide bonds. The Labute approximate surface area is 113 Å². The number of aromatic nitrogens is 2. The molecule has 1 aromatic rings. The number of hydrogen-bond acceptors (Lipinski definition) is 5. The lowest BCUT2D eigenvalue weighted by atomic mass is 9.95. The summed E-state index contributed by atoms with van der Waals surface area (Å²) in [6.45, 7) is 0.709. The third kappa shape index (κ3) is 2.39. The maximum absolute atomic E-state index is 5.29. The molecule has 5 heteroatoms. The van der Waals surface area contributed by atoms with Gasteiger partial charge in [-0.2, -0.15) is 0 Å². The number of ether oxygens (including phenoxy) is 2. The van der Waals surface area contributed by atoms with Crippen molar-refractivity contribution in [2.75, 3.05) is 14.2 Å². The van der Waals surface area contributed by atoms with Crippen LogP contribution in [0.2, 0.25) is 0 Å². The zero-order chi connectivity index (χ0) is 13.2. The van der Waals surface area contributed by atoms with Gasteiger partial charge in [0.2, 0.25) is 11.8 Å². The van der Waals surface area contributed by atoms with E-state index >= 15 is 0 Å². The molecule has 0 aromatic carbocycles. The van der Waals surface area contributed by atoms with Gasteiger partial charge in [-0.05, 0) is 31.1 Å². The first kappa shape index (κ1) is 12.7. The number of hydrogen-bond donors (Lipinski definition) is 1. The molecule has 3 rings (SSSR count). The van der Waals surface area contributed by atoms with E-state index in [1.54, 1.807) is 14.2 Å². The summed E-state index contributed by atoms with van der Waals surface area (Å²) in [7, 11) is 3.26. The van der Waals surface area contributed by atoms with Crippen molar-refractivity contribution in [2.24, 2.45) is 11.8 Å². The maximum atomic E-state index is 5.29. The Bertz CT molecular complexity index is 430. The number of nitrogens with zero attached hydrogens (tertiary/aromatic N) is 2. The van der Waals surface area contributed by atoms with Gasteiger partial charge in [0, 0.05) is 12.6 Å². The first-order valence-corrected chi connectivity index (χ1v) is 6.97. The maximum Gasteiger partial charge on any atom is 0.224 e. The molecule has 3 atom stereocenters. The highest BCUT2D eigenvalue weighted by molar-refractivity contribution is 5.34.